The van der Waals surface area contributed by atoms with Gasteiger partial charge >= 0.3 is 0 Å². The minimum Gasteiger partial charge on any atom is -0.232 e. The summed E-state index contributed by atoms with van der Waals surface area (Å²) in [4.78, 5) is 0. The third-order valence-corrected chi connectivity index (χ3v) is 2.38. The van der Waals surface area contributed by atoms with Gasteiger partial charge in [-0.25, -0.2) is 4.68 Å². The largest absolute Gasteiger partial charge is 0.232 e. The molecule has 0 bridgehead atoms. The molecule has 0 radical (unpaired) electrons. The zero-order valence-corrected chi connectivity index (χ0v) is 8.54. The van der Waals surface area contributed by atoms with Crippen LogP contribution in [-0.4, -0.2) is 35.6 Å². The predicted molar refractivity (Wildman–Crippen MR) is 51.7 cm³/mol. The Morgan fingerprint density at radius 1 is 1.53 bits per heavy atom. The van der Waals surface area contributed by atoms with Crippen LogP contribution in [0.5, 0.6) is 0 Å². The summed E-state index contributed by atoms with van der Waals surface area (Å²) in [6, 6.07) is 0. The summed E-state index contributed by atoms with van der Waals surface area (Å²) in [5.41, 5.74) is 0.981. The van der Waals surface area contributed by atoms with Crippen LogP contribution in [0.4, 0.5) is 0 Å². The van der Waals surface area contributed by atoms with Gasteiger partial charge in [0.25, 0.3) is 0 Å². The fourth-order valence-corrected chi connectivity index (χ4v) is 1.49. The van der Waals surface area contributed by atoms with E-state index in [0.717, 1.165) is 25.1 Å². The molecule has 2 aromatic heterocycles. The van der Waals surface area contributed by atoms with E-state index in [1.807, 2.05) is 0 Å². The molecule has 0 fully saturated rings. The Bertz CT molecular complexity index is 329. The third-order valence-electron chi connectivity index (χ3n) is 2.38. The number of hydrogen-bond acceptors (Lipinski definition) is 5. The Hall–Kier alpha value is -1.79. The number of rotatable bonds is 5. The van der Waals surface area contributed by atoms with Crippen molar-refractivity contribution in [1.29, 1.82) is 0 Å². The first-order chi connectivity index (χ1) is 7.38. The highest BCUT2D eigenvalue weighted by atomic mass is 15.5. The standard InChI is InChI=1S/C8H13N7/c1-2-7(3-8-4-9-12-11-8)5-15-6-10-13-14-15/h4,6-7H,2-3,5H2,1H3,(H,9,11,12). The monoisotopic (exact) mass is 207 g/mol. The molecule has 15 heavy (non-hydrogen) atoms. The lowest BCUT2D eigenvalue weighted by atomic mass is 10.0. The van der Waals surface area contributed by atoms with Crippen LogP contribution in [0.15, 0.2) is 12.5 Å². The fraction of sp³-hybridized carbons (Fsp3) is 0.625. The average molecular weight is 207 g/mol. The number of aromatic amines is 1. The number of hydrogen-bond donors (Lipinski definition) is 1. The van der Waals surface area contributed by atoms with E-state index < -0.39 is 0 Å². The highest BCUT2D eigenvalue weighted by molar-refractivity contribution is 4.92. The molecule has 0 aliphatic rings. The van der Waals surface area contributed by atoms with Gasteiger partial charge < -0.3 is 0 Å². The summed E-state index contributed by atoms with van der Waals surface area (Å²) in [7, 11) is 0. The highest BCUT2D eigenvalue weighted by Crippen LogP contribution is 2.11. The third kappa shape index (κ3) is 2.58. The summed E-state index contributed by atoms with van der Waals surface area (Å²) < 4.78 is 1.74. The van der Waals surface area contributed by atoms with Gasteiger partial charge in [0, 0.05) is 6.54 Å². The zero-order chi connectivity index (χ0) is 10.5. The van der Waals surface area contributed by atoms with E-state index in [4.69, 9.17) is 0 Å². The maximum atomic E-state index is 4.04. The Labute approximate surface area is 86.9 Å². The smallest absolute Gasteiger partial charge is 0.138 e. The molecule has 1 N–H and O–H groups in total. The van der Waals surface area contributed by atoms with Crippen LogP contribution in [-0.2, 0) is 13.0 Å². The zero-order valence-electron chi connectivity index (χ0n) is 8.54. The molecule has 0 aromatic carbocycles. The van der Waals surface area contributed by atoms with Crippen molar-refractivity contribution < 1.29 is 0 Å². The van der Waals surface area contributed by atoms with Crippen LogP contribution in [0.1, 0.15) is 19.0 Å². The van der Waals surface area contributed by atoms with E-state index in [1.165, 1.54) is 0 Å². The summed E-state index contributed by atoms with van der Waals surface area (Å²) in [6.07, 6.45) is 5.34. The molecular weight excluding hydrogens is 194 g/mol. The van der Waals surface area contributed by atoms with Crippen LogP contribution >= 0.6 is 0 Å². The second-order valence-corrected chi connectivity index (χ2v) is 3.47. The topological polar surface area (TPSA) is 85.2 Å². The molecule has 2 rings (SSSR count). The lowest BCUT2D eigenvalue weighted by Gasteiger charge is -2.11. The van der Waals surface area contributed by atoms with Gasteiger partial charge in [-0.2, -0.15) is 15.4 Å². The second-order valence-electron chi connectivity index (χ2n) is 3.47. The number of H-pyrrole nitrogens is 1. The second kappa shape index (κ2) is 4.63. The van der Waals surface area contributed by atoms with Crippen molar-refractivity contribution in [1.82, 2.24) is 35.6 Å². The molecule has 1 unspecified atom stereocenters. The number of tetrazole rings is 1. The van der Waals surface area contributed by atoms with Gasteiger partial charge in [-0.1, -0.05) is 13.3 Å². The summed E-state index contributed by atoms with van der Waals surface area (Å²) in [5.74, 6) is 0.485. The predicted octanol–water partition coefficient (Wildman–Crippen LogP) is 0.0601. The quantitative estimate of drug-likeness (QED) is 0.749. The van der Waals surface area contributed by atoms with Crippen molar-refractivity contribution >= 4 is 0 Å². The minimum atomic E-state index is 0.485. The Kier molecular flexibility index (Phi) is 3.01. The highest BCUT2D eigenvalue weighted by Gasteiger charge is 2.10. The van der Waals surface area contributed by atoms with Gasteiger partial charge in [0.2, 0.25) is 0 Å². The molecule has 0 amide bonds. The number of nitrogens with one attached hydrogen (secondary N) is 1. The van der Waals surface area contributed by atoms with Crippen LogP contribution in [0.2, 0.25) is 0 Å². The molecule has 0 spiro atoms. The lowest BCUT2D eigenvalue weighted by molar-refractivity contribution is 0.395. The van der Waals surface area contributed by atoms with Crippen molar-refractivity contribution in [3.8, 4) is 0 Å². The van der Waals surface area contributed by atoms with E-state index in [0.29, 0.717) is 5.92 Å². The van der Waals surface area contributed by atoms with Gasteiger partial charge in [0.1, 0.15) is 6.33 Å². The SMILES string of the molecule is CCC(Cc1cn[nH]n1)Cn1cnnn1. The van der Waals surface area contributed by atoms with Gasteiger partial charge in [-0.3, -0.25) is 0 Å². The molecule has 7 heteroatoms. The average Bonchev–Trinajstić information content (AvgIpc) is 2.89. The van der Waals surface area contributed by atoms with Crippen molar-refractivity contribution in [2.75, 3.05) is 0 Å². The fourth-order valence-electron chi connectivity index (χ4n) is 1.49. The molecule has 0 aliphatic heterocycles. The van der Waals surface area contributed by atoms with E-state index in [1.54, 1.807) is 17.2 Å². The molecule has 80 valence electrons. The van der Waals surface area contributed by atoms with E-state index in [-0.39, 0.29) is 0 Å². The van der Waals surface area contributed by atoms with Gasteiger partial charge in [0.05, 0.1) is 11.9 Å². The first-order valence-electron chi connectivity index (χ1n) is 4.94. The van der Waals surface area contributed by atoms with Crippen LogP contribution in [0.3, 0.4) is 0 Å². The first kappa shape index (κ1) is 9.75. The van der Waals surface area contributed by atoms with Gasteiger partial charge in [-0.05, 0) is 22.8 Å². The number of nitrogens with zero attached hydrogens (tertiary/aromatic N) is 6. The first-order valence-corrected chi connectivity index (χ1v) is 4.94. The van der Waals surface area contributed by atoms with Crippen molar-refractivity contribution in [2.24, 2.45) is 5.92 Å². The molecule has 0 aliphatic carbocycles. The summed E-state index contributed by atoms with van der Waals surface area (Å²) >= 11 is 0. The van der Waals surface area contributed by atoms with Crippen molar-refractivity contribution in [2.45, 2.75) is 26.3 Å². The van der Waals surface area contributed by atoms with E-state index in [2.05, 4.69) is 37.9 Å². The van der Waals surface area contributed by atoms with Crippen LogP contribution in [0.25, 0.3) is 0 Å². The normalized spacial score (nSPS) is 12.9. The van der Waals surface area contributed by atoms with Crippen molar-refractivity contribution in [3.63, 3.8) is 0 Å². The molecule has 0 saturated carbocycles. The maximum absolute atomic E-state index is 4.04. The molecule has 7 nitrogen and oxygen atoms in total. The minimum absolute atomic E-state index is 0.485. The van der Waals surface area contributed by atoms with E-state index in [9.17, 15) is 0 Å². The Morgan fingerprint density at radius 3 is 3.07 bits per heavy atom. The molecule has 1 atom stereocenters. The number of aromatic nitrogens is 7. The van der Waals surface area contributed by atoms with E-state index >= 15 is 0 Å². The molecular formula is C8H13N7. The summed E-state index contributed by atoms with van der Waals surface area (Å²) in [6.45, 7) is 2.96. The molecule has 0 saturated heterocycles. The van der Waals surface area contributed by atoms with Crippen molar-refractivity contribution in [3.05, 3.63) is 18.2 Å². The van der Waals surface area contributed by atoms with Crippen LogP contribution < -0.4 is 0 Å². The summed E-state index contributed by atoms with van der Waals surface area (Å²) in [5, 5.41) is 21.5. The maximum Gasteiger partial charge on any atom is 0.138 e. The Morgan fingerprint density at radius 2 is 2.47 bits per heavy atom. The van der Waals surface area contributed by atoms with Gasteiger partial charge in [-0.15, -0.1) is 5.10 Å². The molecule has 2 heterocycles. The molecule has 2 aromatic rings. The Balaban J connectivity index is 1.93. The van der Waals surface area contributed by atoms with Gasteiger partial charge in [0.15, 0.2) is 0 Å². The lowest BCUT2D eigenvalue weighted by Crippen LogP contribution is -2.13. The van der Waals surface area contributed by atoms with Crippen LogP contribution in [0, 0.1) is 5.92 Å².